The summed E-state index contributed by atoms with van der Waals surface area (Å²) >= 11 is 0. The molecule has 0 aliphatic heterocycles. The van der Waals surface area contributed by atoms with E-state index in [1.807, 2.05) is 41.5 Å². The molecule has 3 fully saturated rings. The third-order valence-electron chi connectivity index (χ3n) is 17.3. The Bertz CT molecular complexity index is 4820. The molecule has 11 N–H and O–H groups in total. The molecular formula is C65H68F3N21O5. The van der Waals surface area contributed by atoms with E-state index in [1.165, 1.54) is 36.4 Å². The smallest absolute Gasteiger partial charge is 0.407 e. The molecule has 0 spiro atoms. The van der Waals surface area contributed by atoms with Gasteiger partial charge in [-0.15, -0.1) is 0 Å². The van der Waals surface area contributed by atoms with Gasteiger partial charge in [-0.2, -0.15) is 15.3 Å². The molecule has 0 bridgehead atoms. The van der Waals surface area contributed by atoms with Gasteiger partial charge in [0.25, 0.3) is 17.7 Å². The summed E-state index contributed by atoms with van der Waals surface area (Å²) in [6, 6.07) is 13.6. The number of amides is 4. The standard InChI is InChI=1S/C25H28FN7O3.2C20H20FN7O/c1-24(2,3)36-23(35)29-14-9-25(4,10-14)31-22(34)16-11-27-21-20(16)30-17(12-28-21)19-15-7-6-13(26)8-18(15)33(5)32-19;2*1-20(6-11(22)7-20)26-19(29)13-8-23-18-17(13)25-14(9-24-18)16-12-4-3-10(21)5-15(12)28(2)27-16/h6-8,11-12,14H,9-10H2,1-5H3,(H,27,28)(H,29,35)(H,31,34);2*3-5,8-9,11H,6-7,22H2,1-2H3,(H,23,24)(H,26,29). The number of nitrogens with one attached hydrogen (secondary N) is 7. The highest BCUT2D eigenvalue weighted by Crippen LogP contribution is 2.37. The molecule has 15 rings (SSSR count). The Kier molecular flexibility index (Phi) is 15.3. The van der Waals surface area contributed by atoms with Crippen LogP contribution in [0.5, 0.6) is 0 Å². The predicted octanol–water partition coefficient (Wildman–Crippen LogP) is 8.35. The second kappa shape index (κ2) is 23.2. The van der Waals surface area contributed by atoms with Gasteiger partial charge in [-0.25, -0.2) is 47.9 Å². The first-order valence-electron chi connectivity index (χ1n) is 30.5. The molecule has 3 saturated carbocycles. The van der Waals surface area contributed by atoms with Crippen molar-refractivity contribution in [2.24, 2.45) is 32.6 Å². The van der Waals surface area contributed by atoms with Crippen LogP contribution in [0, 0.1) is 17.5 Å². The summed E-state index contributed by atoms with van der Waals surface area (Å²) in [5.41, 5.74) is 19.3. The number of hydrogen-bond donors (Lipinski definition) is 9. The molecule has 26 nitrogen and oxygen atoms in total. The largest absolute Gasteiger partial charge is 0.444 e. The van der Waals surface area contributed by atoms with Crippen molar-refractivity contribution in [3.8, 4) is 34.2 Å². The number of aromatic nitrogens is 15. The molecule has 94 heavy (non-hydrogen) atoms. The first-order chi connectivity index (χ1) is 44.6. The Morgan fingerprint density at radius 2 is 0.830 bits per heavy atom. The molecule has 0 saturated heterocycles. The van der Waals surface area contributed by atoms with E-state index < -0.39 is 17.2 Å². The highest BCUT2D eigenvalue weighted by molar-refractivity contribution is 6.07. The summed E-state index contributed by atoms with van der Waals surface area (Å²) in [5.74, 6) is -1.74. The van der Waals surface area contributed by atoms with E-state index in [9.17, 15) is 32.3 Å². The number of carbonyl (C=O) groups is 4. The highest BCUT2D eigenvalue weighted by atomic mass is 19.1. The van der Waals surface area contributed by atoms with Gasteiger partial charge in [0.05, 0.1) is 51.8 Å². The third-order valence-corrected chi connectivity index (χ3v) is 17.3. The number of carbonyl (C=O) groups excluding carboxylic acids is 4. The minimum Gasteiger partial charge on any atom is -0.444 e. The first kappa shape index (κ1) is 62.1. The summed E-state index contributed by atoms with van der Waals surface area (Å²) in [6.45, 7) is 11.3. The summed E-state index contributed by atoms with van der Waals surface area (Å²) in [4.78, 5) is 87.0. The maximum atomic E-state index is 13.7. The molecule has 9 aromatic heterocycles. The van der Waals surface area contributed by atoms with Gasteiger partial charge in [0.15, 0.2) is 16.9 Å². The molecule has 3 aliphatic rings. The zero-order valence-corrected chi connectivity index (χ0v) is 52.8. The number of nitrogens with two attached hydrogens (primary N) is 2. The molecule has 0 radical (unpaired) electrons. The molecule has 3 aliphatic carbocycles. The van der Waals surface area contributed by atoms with Gasteiger partial charge in [-0.1, -0.05) is 0 Å². The van der Waals surface area contributed by atoms with Crippen molar-refractivity contribution in [3.05, 3.63) is 126 Å². The van der Waals surface area contributed by atoms with Crippen LogP contribution in [-0.4, -0.2) is 138 Å². The lowest BCUT2D eigenvalue weighted by molar-refractivity contribution is 0.0417. The third kappa shape index (κ3) is 12.1. The molecule has 29 heteroatoms. The average molecular weight is 1280 g/mol. The van der Waals surface area contributed by atoms with Crippen LogP contribution < -0.4 is 32.7 Å². The molecule has 484 valence electrons. The lowest BCUT2D eigenvalue weighted by atomic mass is 9.74. The maximum absolute atomic E-state index is 13.7. The van der Waals surface area contributed by atoms with Crippen molar-refractivity contribution >= 4 is 90.0 Å². The number of ether oxygens (including phenoxy) is 1. The summed E-state index contributed by atoms with van der Waals surface area (Å²) in [7, 11) is 5.23. The van der Waals surface area contributed by atoms with E-state index in [1.54, 1.807) is 90.6 Å². The number of benzene rings is 3. The quantitative estimate of drug-likeness (QED) is 0.0621. The molecule has 4 amide bonds. The Hall–Kier alpha value is -10.7. The number of hydrogen-bond acceptors (Lipinski definition) is 16. The highest BCUT2D eigenvalue weighted by Gasteiger charge is 2.44. The maximum Gasteiger partial charge on any atom is 0.407 e. The van der Waals surface area contributed by atoms with Crippen LogP contribution >= 0.6 is 0 Å². The zero-order chi connectivity index (χ0) is 66.5. The first-order valence-corrected chi connectivity index (χ1v) is 30.5. The number of fused-ring (bicyclic) bond motifs is 6. The SMILES string of the molecule is Cn1nc(-c2cnc3[nH]cc(C(=O)NC4(C)CC(N)C4)c3n2)c2ccc(F)cc21.Cn1nc(-c2cnc3[nH]cc(C(=O)NC4(C)CC(N)C4)c3n2)c2ccc(F)cc21.Cn1nc(-c2cnc3[nH]cc(C(=O)NC4(C)CC(NC(=O)OC(C)(C)C)C4)c3n2)c2ccc(F)cc21. The van der Waals surface area contributed by atoms with E-state index in [4.69, 9.17) is 16.2 Å². The van der Waals surface area contributed by atoms with Crippen molar-refractivity contribution in [3.63, 3.8) is 0 Å². The Labute approximate surface area is 533 Å². The van der Waals surface area contributed by atoms with Crippen LogP contribution in [0.4, 0.5) is 18.0 Å². The van der Waals surface area contributed by atoms with Gasteiger partial charge in [0.2, 0.25) is 0 Å². The van der Waals surface area contributed by atoms with Crippen LogP contribution in [0.1, 0.15) is 111 Å². The van der Waals surface area contributed by atoms with Gasteiger partial charge >= 0.3 is 6.09 Å². The van der Waals surface area contributed by atoms with Gasteiger partial charge in [-0.3, -0.25) is 28.4 Å². The molecule has 9 heterocycles. The fourth-order valence-corrected chi connectivity index (χ4v) is 12.9. The van der Waals surface area contributed by atoms with E-state index in [2.05, 4.69) is 81.4 Å². The van der Waals surface area contributed by atoms with Gasteiger partial charge in [0.1, 0.15) is 73.8 Å². The second-order valence-electron chi connectivity index (χ2n) is 26.5. The monoisotopic (exact) mass is 1280 g/mol. The average Bonchev–Trinajstić information content (AvgIpc) is 1.44. The van der Waals surface area contributed by atoms with Crippen LogP contribution in [0.3, 0.4) is 0 Å². The number of aryl methyl sites for hydroxylation is 3. The number of nitrogens with zero attached hydrogens (tertiary/aromatic N) is 12. The summed E-state index contributed by atoms with van der Waals surface area (Å²) in [5, 5.41) is 27.7. The van der Waals surface area contributed by atoms with E-state index in [-0.39, 0.29) is 64.4 Å². The van der Waals surface area contributed by atoms with Crippen LogP contribution in [0.15, 0.2) is 91.8 Å². The number of H-pyrrole nitrogens is 3. The van der Waals surface area contributed by atoms with Crippen LogP contribution in [0.2, 0.25) is 0 Å². The van der Waals surface area contributed by atoms with Crippen molar-refractivity contribution in [2.45, 2.75) is 120 Å². The van der Waals surface area contributed by atoms with E-state index in [0.29, 0.717) is 114 Å². The van der Waals surface area contributed by atoms with E-state index >= 15 is 0 Å². The molecule has 12 aromatic rings. The molecule has 3 aromatic carbocycles. The minimum atomic E-state index is -0.571. The summed E-state index contributed by atoms with van der Waals surface area (Å²) < 4.78 is 51.0. The second-order valence-corrected chi connectivity index (χ2v) is 26.5. The fraction of sp³-hybridized carbons (Fsp3) is 0.338. The van der Waals surface area contributed by atoms with Crippen LogP contribution in [-0.2, 0) is 25.9 Å². The zero-order valence-electron chi connectivity index (χ0n) is 52.8. The fourth-order valence-electron chi connectivity index (χ4n) is 12.9. The normalized spacial score (nSPS) is 20.8. The molecule has 0 atom stereocenters. The van der Waals surface area contributed by atoms with Gasteiger partial charge in [0, 0.05) is 90.6 Å². The number of halogens is 3. The Balaban J connectivity index is 0.000000129. The number of alkyl carbamates (subject to hydrolysis) is 1. The number of rotatable bonds is 10. The van der Waals surface area contributed by atoms with E-state index in [0.717, 1.165) is 41.8 Å². The Morgan fingerprint density at radius 1 is 0.521 bits per heavy atom. The predicted molar refractivity (Wildman–Crippen MR) is 345 cm³/mol. The summed E-state index contributed by atoms with van der Waals surface area (Å²) in [6.07, 6.45) is 13.2. The van der Waals surface area contributed by atoms with Crippen molar-refractivity contribution in [2.75, 3.05) is 0 Å². The lowest BCUT2D eigenvalue weighted by Crippen LogP contribution is -2.62. The van der Waals surface area contributed by atoms with Crippen molar-refractivity contribution in [1.82, 2.24) is 95.5 Å². The number of aromatic amines is 3. The van der Waals surface area contributed by atoms with Crippen molar-refractivity contribution < 1.29 is 37.1 Å². The van der Waals surface area contributed by atoms with Crippen LogP contribution in [0.25, 0.3) is 100 Å². The van der Waals surface area contributed by atoms with Gasteiger partial charge in [-0.05, 0) is 135 Å². The lowest BCUT2D eigenvalue weighted by Gasteiger charge is -2.45. The van der Waals surface area contributed by atoms with Gasteiger partial charge < -0.3 is 52.4 Å². The Morgan fingerprint density at radius 3 is 1.13 bits per heavy atom. The minimum absolute atomic E-state index is 0.0817. The molecule has 0 unspecified atom stereocenters. The van der Waals surface area contributed by atoms with Crippen molar-refractivity contribution in [1.29, 1.82) is 0 Å². The molecular weight excluding hydrogens is 1210 g/mol. The topological polar surface area (TPSA) is 356 Å².